The van der Waals surface area contributed by atoms with E-state index in [0.717, 1.165) is 22.2 Å². The molecule has 2 N–H and O–H groups in total. The first kappa shape index (κ1) is 12.3. The van der Waals surface area contributed by atoms with Crippen molar-refractivity contribution in [3.05, 3.63) is 52.4 Å². The lowest BCUT2D eigenvalue weighted by Crippen LogP contribution is -2.17. The van der Waals surface area contributed by atoms with Crippen LogP contribution in [-0.4, -0.2) is 20.0 Å². The summed E-state index contributed by atoms with van der Waals surface area (Å²) in [4.78, 5) is 4.35. The van der Waals surface area contributed by atoms with E-state index in [4.69, 9.17) is 5.73 Å². The molecule has 0 aliphatic heterocycles. The number of pyridine rings is 1. The minimum absolute atomic E-state index is 0.303. The molecule has 3 aromatic rings. The van der Waals surface area contributed by atoms with Gasteiger partial charge < -0.3 is 5.73 Å². The summed E-state index contributed by atoms with van der Waals surface area (Å²) in [5.74, 6) is 0. The highest BCUT2D eigenvalue weighted by atomic mass is 79.9. The Kier molecular flexibility index (Phi) is 3.04. The van der Waals surface area contributed by atoms with Crippen LogP contribution in [-0.2, 0) is 7.05 Å². The number of aryl methyl sites for hydroxylation is 1. The predicted octanol–water partition coefficient (Wildman–Crippen LogP) is 2.17. The molecule has 96 valence electrons. The average molecular weight is 318 g/mol. The number of halogens is 1. The van der Waals surface area contributed by atoms with E-state index in [2.05, 4.69) is 31.2 Å². The lowest BCUT2D eigenvalue weighted by Gasteiger charge is -2.14. The third-order valence-electron chi connectivity index (χ3n) is 3.14. The molecule has 0 saturated carbocycles. The Bertz CT molecular complexity index is 712. The first-order valence-corrected chi connectivity index (χ1v) is 6.62. The summed E-state index contributed by atoms with van der Waals surface area (Å²) in [7, 11) is 1.83. The smallest absolute Gasteiger partial charge is 0.153 e. The van der Waals surface area contributed by atoms with E-state index in [9.17, 15) is 0 Å². The normalized spacial score (nSPS) is 12.8. The zero-order valence-electron chi connectivity index (χ0n) is 10.3. The van der Waals surface area contributed by atoms with E-state index in [0.29, 0.717) is 4.60 Å². The molecule has 0 fully saturated rings. The molecule has 0 saturated heterocycles. The Morgan fingerprint density at radius 2 is 2.11 bits per heavy atom. The summed E-state index contributed by atoms with van der Waals surface area (Å²) >= 11 is 3.39. The molecule has 1 aromatic carbocycles. The summed E-state index contributed by atoms with van der Waals surface area (Å²) in [6, 6.07) is 9.57. The maximum Gasteiger partial charge on any atom is 0.153 e. The van der Waals surface area contributed by atoms with E-state index in [1.165, 1.54) is 0 Å². The number of hydrogen-bond donors (Lipinski definition) is 1. The highest BCUT2D eigenvalue weighted by molar-refractivity contribution is 9.10. The Labute approximate surface area is 118 Å². The van der Waals surface area contributed by atoms with Crippen molar-refractivity contribution in [1.82, 2.24) is 20.0 Å². The average Bonchev–Trinajstić information content (AvgIpc) is 2.77. The summed E-state index contributed by atoms with van der Waals surface area (Å²) in [5.41, 5.74) is 9.16. The number of hydrogen-bond acceptors (Lipinski definition) is 4. The fourth-order valence-electron chi connectivity index (χ4n) is 2.21. The molecule has 2 heterocycles. The number of nitrogens with zero attached hydrogens (tertiary/aromatic N) is 4. The molecule has 3 rings (SSSR count). The number of fused-ring (bicyclic) bond motifs is 1. The Balaban J connectivity index is 2.20. The second-order valence-electron chi connectivity index (χ2n) is 4.28. The van der Waals surface area contributed by atoms with Crippen LogP contribution in [0.15, 0.2) is 41.1 Å². The van der Waals surface area contributed by atoms with E-state index in [1.807, 2.05) is 37.4 Å². The maximum atomic E-state index is 6.37. The summed E-state index contributed by atoms with van der Waals surface area (Å²) < 4.78 is 2.35. The standard InChI is InChI=1S/C13H12BrN5/c1-19-12(13(14)17-18-19)11(15)9-4-2-6-10-8(9)5-3-7-16-10/h2-7,11H,15H2,1H3. The highest BCUT2D eigenvalue weighted by Gasteiger charge is 2.19. The van der Waals surface area contributed by atoms with E-state index in [1.54, 1.807) is 10.9 Å². The summed E-state index contributed by atoms with van der Waals surface area (Å²) in [6.07, 6.45) is 1.78. The topological polar surface area (TPSA) is 69.6 Å². The second kappa shape index (κ2) is 4.71. The minimum Gasteiger partial charge on any atom is -0.319 e. The monoisotopic (exact) mass is 317 g/mol. The molecule has 2 aromatic heterocycles. The van der Waals surface area contributed by atoms with Gasteiger partial charge in [-0.3, -0.25) is 4.98 Å². The highest BCUT2D eigenvalue weighted by Crippen LogP contribution is 2.29. The summed E-state index contributed by atoms with van der Waals surface area (Å²) in [5, 5.41) is 8.99. The zero-order valence-corrected chi connectivity index (χ0v) is 11.9. The van der Waals surface area contributed by atoms with Crippen molar-refractivity contribution in [2.45, 2.75) is 6.04 Å². The molecule has 0 amide bonds. The molecule has 0 spiro atoms. The first-order chi connectivity index (χ1) is 9.18. The van der Waals surface area contributed by atoms with Crippen molar-refractivity contribution in [2.75, 3.05) is 0 Å². The van der Waals surface area contributed by atoms with Crippen LogP contribution in [0.5, 0.6) is 0 Å². The van der Waals surface area contributed by atoms with Crippen molar-refractivity contribution >= 4 is 26.8 Å². The van der Waals surface area contributed by atoms with Gasteiger partial charge in [0.25, 0.3) is 0 Å². The lowest BCUT2D eigenvalue weighted by atomic mass is 10.00. The van der Waals surface area contributed by atoms with Gasteiger partial charge in [-0.25, -0.2) is 4.68 Å². The molecular formula is C13H12BrN5. The molecule has 0 aliphatic carbocycles. The number of nitrogens with two attached hydrogens (primary N) is 1. The third-order valence-corrected chi connectivity index (χ3v) is 3.70. The quantitative estimate of drug-likeness (QED) is 0.786. The molecule has 1 atom stereocenters. The van der Waals surface area contributed by atoms with Gasteiger partial charge in [-0.1, -0.05) is 23.4 Å². The Morgan fingerprint density at radius 1 is 1.26 bits per heavy atom. The van der Waals surface area contributed by atoms with Crippen LogP contribution < -0.4 is 5.73 Å². The van der Waals surface area contributed by atoms with Crippen LogP contribution in [0.1, 0.15) is 17.3 Å². The van der Waals surface area contributed by atoms with Crippen LogP contribution in [0.25, 0.3) is 10.9 Å². The third kappa shape index (κ3) is 2.02. The van der Waals surface area contributed by atoms with Gasteiger partial charge in [0.1, 0.15) is 0 Å². The van der Waals surface area contributed by atoms with Crippen molar-refractivity contribution in [3.8, 4) is 0 Å². The molecule has 6 heteroatoms. The minimum atomic E-state index is -0.303. The van der Waals surface area contributed by atoms with Gasteiger partial charge in [-0.2, -0.15) is 0 Å². The van der Waals surface area contributed by atoms with Crippen molar-refractivity contribution in [1.29, 1.82) is 0 Å². The van der Waals surface area contributed by atoms with Gasteiger partial charge in [0.2, 0.25) is 0 Å². The van der Waals surface area contributed by atoms with Crippen LogP contribution in [0.3, 0.4) is 0 Å². The number of rotatable bonds is 2. The maximum absolute atomic E-state index is 6.37. The SMILES string of the molecule is Cn1nnc(Br)c1C(N)c1cccc2ncccc12. The van der Waals surface area contributed by atoms with Crippen molar-refractivity contribution in [2.24, 2.45) is 12.8 Å². The van der Waals surface area contributed by atoms with Crippen LogP contribution in [0, 0.1) is 0 Å². The van der Waals surface area contributed by atoms with Gasteiger partial charge in [-0.15, -0.1) is 5.10 Å². The lowest BCUT2D eigenvalue weighted by molar-refractivity contribution is 0.652. The predicted molar refractivity (Wildman–Crippen MR) is 76.5 cm³/mol. The van der Waals surface area contributed by atoms with Crippen molar-refractivity contribution in [3.63, 3.8) is 0 Å². The van der Waals surface area contributed by atoms with Gasteiger partial charge in [0.05, 0.1) is 17.3 Å². The number of benzene rings is 1. The number of aromatic nitrogens is 4. The van der Waals surface area contributed by atoms with E-state index in [-0.39, 0.29) is 6.04 Å². The molecule has 0 aliphatic rings. The van der Waals surface area contributed by atoms with E-state index < -0.39 is 0 Å². The molecular weight excluding hydrogens is 306 g/mol. The van der Waals surface area contributed by atoms with Gasteiger partial charge >= 0.3 is 0 Å². The van der Waals surface area contributed by atoms with E-state index >= 15 is 0 Å². The van der Waals surface area contributed by atoms with Crippen LogP contribution >= 0.6 is 15.9 Å². The molecule has 19 heavy (non-hydrogen) atoms. The molecule has 1 unspecified atom stereocenters. The van der Waals surface area contributed by atoms with Gasteiger partial charge in [0, 0.05) is 18.6 Å². The molecule has 0 radical (unpaired) electrons. The first-order valence-electron chi connectivity index (χ1n) is 5.83. The fourth-order valence-corrected chi connectivity index (χ4v) is 2.79. The molecule has 5 nitrogen and oxygen atoms in total. The van der Waals surface area contributed by atoms with Gasteiger partial charge in [0.15, 0.2) is 4.60 Å². The fraction of sp³-hybridized carbons (Fsp3) is 0.154. The van der Waals surface area contributed by atoms with Gasteiger partial charge in [-0.05, 0) is 33.6 Å². The summed E-state index contributed by atoms with van der Waals surface area (Å²) in [6.45, 7) is 0. The largest absolute Gasteiger partial charge is 0.319 e. The Hall–Kier alpha value is -1.79. The van der Waals surface area contributed by atoms with Crippen molar-refractivity contribution < 1.29 is 0 Å². The van der Waals surface area contributed by atoms with Crippen LogP contribution in [0.4, 0.5) is 0 Å². The van der Waals surface area contributed by atoms with Crippen LogP contribution in [0.2, 0.25) is 0 Å². The Morgan fingerprint density at radius 3 is 2.84 bits per heavy atom. The molecule has 0 bridgehead atoms. The zero-order chi connectivity index (χ0) is 13.4. The second-order valence-corrected chi connectivity index (χ2v) is 5.04.